The van der Waals surface area contributed by atoms with Gasteiger partial charge in [-0.05, 0) is 43.3 Å². The molecule has 7 heteroatoms. The van der Waals surface area contributed by atoms with Crippen LogP contribution in [-0.2, 0) is 9.59 Å². The summed E-state index contributed by atoms with van der Waals surface area (Å²) < 4.78 is 5.78. The van der Waals surface area contributed by atoms with E-state index < -0.39 is 0 Å². The third kappa shape index (κ3) is 7.04. The minimum absolute atomic E-state index is 0.0248. The molecule has 1 aliphatic heterocycles. The van der Waals surface area contributed by atoms with Crippen LogP contribution in [0.25, 0.3) is 0 Å². The number of benzene rings is 2. The number of nitrogens with zero attached hydrogens (tertiary/aromatic N) is 2. The van der Waals surface area contributed by atoms with Crippen LogP contribution in [0, 0.1) is 6.92 Å². The second-order valence-electron chi connectivity index (χ2n) is 7.44. The second kappa shape index (κ2) is 11.0. The number of nitrogens with one attached hydrogen (secondary N) is 1. The van der Waals surface area contributed by atoms with Crippen molar-refractivity contribution in [3.63, 3.8) is 0 Å². The predicted molar refractivity (Wildman–Crippen MR) is 119 cm³/mol. The minimum Gasteiger partial charge on any atom is -0.492 e. The Morgan fingerprint density at radius 1 is 0.967 bits per heavy atom. The molecule has 2 amide bonds. The average Bonchev–Trinajstić information content (AvgIpc) is 2.75. The first kappa shape index (κ1) is 22.1. The molecule has 1 fully saturated rings. The monoisotopic (exact) mass is 429 g/mol. The molecule has 0 atom stereocenters. The van der Waals surface area contributed by atoms with Crippen LogP contribution >= 0.6 is 11.6 Å². The van der Waals surface area contributed by atoms with Gasteiger partial charge in [0.1, 0.15) is 12.4 Å². The first-order valence-electron chi connectivity index (χ1n) is 10.2. The maximum Gasteiger partial charge on any atom is 0.224 e. The Hall–Kier alpha value is -2.57. The fraction of sp³-hybridized carbons (Fsp3) is 0.391. The van der Waals surface area contributed by atoms with Crippen molar-refractivity contribution in [3.05, 3.63) is 59.1 Å². The zero-order valence-corrected chi connectivity index (χ0v) is 18.0. The average molecular weight is 430 g/mol. The van der Waals surface area contributed by atoms with E-state index in [9.17, 15) is 9.59 Å². The van der Waals surface area contributed by atoms with Crippen molar-refractivity contribution in [1.82, 2.24) is 9.80 Å². The van der Waals surface area contributed by atoms with Gasteiger partial charge in [0.2, 0.25) is 11.8 Å². The number of aryl methyl sites for hydroxylation is 1. The van der Waals surface area contributed by atoms with Gasteiger partial charge in [0, 0.05) is 56.3 Å². The third-order valence-electron chi connectivity index (χ3n) is 5.12. The molecule has 0 unspecified atom stereocenters. The van der Waals surface area contributed by atoms with Gasteiger partial charge in [-0.15, -0.1) is 0 Å². The highest BCUT2D eigenvalue weighted by molar-refractivity contribution is 6.30. The van der Waals surface area contributed by atoms with Crippen LogP contribution in [0.15, 0.2) is 48.5 Å². The largest absolute Gasteiger partial charge is 0.492 e. The van der Waals surface area contributed by atoms with Crippen molar-refractivity contribution < 1.29 is 14.3 Å². The van der Waals surface area contributed by atoms with Gasteiger partial charge in [0.25, 0.3) is 0 Å². The molecule has 0 radical (unpaired) electrons. The van der Waals surface area contributed by atoms with Gasteiger partial charge in [-0.25, -0.2) is 0 Å². The number of halogens is 1. The molecule has 0 saturated carbocycles. The molecule has 6 nitrogen and oxygen atoms in total. The molecule has 0 spiro atoms. The van der Waals surface area contributed by atoms with Gasteiger partial charge >= 0.3 is 0 Å². The summed E-state index contributed by atoms with van der Waals surface area (Å²) in [6.45, 7) is 6.52. The first-order chi connectivity index (χ1) is 14.5. The van der Waals surface area contributed by atoms with Gasteiger partial charge in [-0.2, -0.15) is 0 Å². The van der Waals surface area contributed by atoms with E-state index in [1.807, 2.05) is 29.2 Å². The van der Waals surface area contributed by atoms with Gasteiger partial charge < -0.3 is 15.0 Å². The highest BCUT2D eigenvalue weighted by Crippen LogP contribution is 2.14. The number of ether oxygens (including phenoxy) is 1. The number of piperazine rings is 1. The summed E-state index contributed by atoms with van der Waals surface area (Å²) in [6, 6.07) is 14.9. The van der Waals surface area contributed by atoms with E-state index in [1.54, 1.807) is 24.3 Å². The Kier molecular flexibility index (Phi) is 8.11. The van der Waals surface area contributed by atoms with E-state index in [-0.39, 0.29) is 24.7 Å². The lowest BCUT2D eigenvalue weighted by molar-refractivity contribution is -0.134. The molecule has 0 bridgehead atoms. The third-order valence-corrected chi connectivity index (χ3v) is 5.37. The summed E-state index contributed by atoms with van der Waals surface area (Å²) in [5.41, 5.74) is 1.89. The molecule has 2 aromatic carbocycles. The molecule has 0 aromatic heterocycles. The van der Waals surface area contributed by atoms with Crippen molar-refractivity contribution in [1.29, 1.82) is 0 Å². The number of carbonyl (C=O) groups is 2. The zero-order valence-electron chi connectivity index (χ0n) is 17.3. The number of amides is 2. The van der Waals surface area contributed by atoms with Crippen molar-refractivity contribution in [2.75, 3.05) is 44.6 Å². The topological polar surface area (TPSA) is 61.9 Å². The fourth-order valence-electron chi connectivity index (χ4n) is 3.28. The van der Waals surface area contributed by atoms with Gasteiger partial charge in [-0.3, -0.25) is 14.5 Å². The summed E-state index contributed by atoms with van der Waals surface area (Å²) in [6.07, 6.45) is 0.391. The summed E-state index contributed by atoms with van der Waals surface area (Å²) in [5.74, 6) is 0.737. The van der Waals surface area contributed by atoms with Crippen LogP contribution in [0.5, 0.6) is 5.75 Å². The maximum absolute atomic E-state index is 12.4. The summed E-state index contributed by atoms with van der Waals surface area (Å²) in [7, 11) is 0. The van der Waals surface area contributed by atoms with Crippen LogP contribution < -0.4 is 10.1 Å². The van der Waals surface area contributed by atoms with Crippen LogP contribution in [-0.4, -0.2) is 60.9 Å². The lowest BCUT2D eigenvalue weighted by Gasteiger charge is -2.34. The van der Waals surface area contributed by atoms with E-state index in [4.69, 9.17) is 16.3 Å². The Morgan fingerprint density at radius 3 is 2.30 bits per heavy atom. The molecule has 30 heavy (non-hydrogen) atoms. The number of anilines is 1. The molecule has 1 aliphatic rings. The highest BCUT2D eigenvalue weighted by atomic mass is 35.5. The van der Waals surface area contributed by atoms with E-state index in [0.717, 1.165) is 25.4 Å². The van der Waals surface area contributed by atoms with E-state index >= 15 is 0 Å². The second-order valence-corrected chi connectivity index (χ2v) is 7.88. The van der Waals surface area contributed by atoms with Gasteiger partial charge in [-0.1, -0.05) is 29.3 Å². The highest BCUT2D eigenvalue weighted by Gasteiger charge is 2.21. The van der Waals surface area contributed by atoms with E-state index in [1.165, 1.54) is 5.56 Å². The molecule has 1 N–H and O–H groups in total. The molecular weight excluding hydrogens is 402 g/mol. The van der Waals surface area contributed by atoms with Crippen molar-refractivity contribution in [2.24, 2.45) is 0 Å². The summed E-state index contributed by atoms with van der Waals surface area (Å²) in [4.78, 5) is 28.6. The molecule has 3 rings (SSSR count). The fourth-order valence-corrected chi connectivity index (χ4v) is 3.41. The number of carbonyl (C=O) groups excluding carboxylic acids is 2. The van der Waals surface area contributed by atoms with E-state index in [2.05, 4.69) is 17.1 Å². The first-order valence-corrected chi connectivity index (χ1v) is 10.6. The molecular formula is C23H28ClN3O3. The van der Waals surface area contributed by atoms with Crippen molar-refractivity contribution in [2.45, 2.75) is 19.8 Å². The summed E-state index contributed by atoms with van der Waals surface area (Å²) >= 11 is 5.84. The maximum atomic E-state index is 12.4. The van der Waals surface area contributed by atoms with E-state index in [0.29, 0.717) is 30.4 Å². The van der Waals surface area contributed by atoms with Crippen LogP contribution in [0.2, 0.25) is 5.02 Å². The van der Waals surface area contributed by atoms with Gasteiger partial charge in [0.15, 0.2) is 0 Å². The lowest BCUT2D eigenvalue weighted by atomic mass is 10.2. The Balaban J connectivity index is 1.31. The number of hydrogen-bond donors (Lipinski definition) is 1. The van der Waals surface area contributed by atoms with Crippen molar-refractivity contribution in [3.8, 4) is 5.75 Å². The quantitative estimate of drug-likeness (QED) is 0.696. The standard InChI is InChI=1S/C23H28ClN3O3/c1-18-2-8-21(9-3-18)30-17-16-26-12-14-27(15-13-26)23(29)11-10-22(28)25-20-6-4-19(24)5-7-20/h2-9H,10-17H2,1H3,(H,25,28). The normalized spacial score (nSPS) is 14.4. The Bertz CT molecular complexity index is 832. The molecule has 0 aliphatic carbocycles. The minimum atomic E-state index is -0.169. The smallest absolute Gasteiger partial charge is 0.224 e. The van der Waals surface area contributed by atoms with Gasteiger partial charge in [0.05, 0.1) is 0 Å². The SMILES string of the molecule is Cc1ccc(OCCN2CCN(C(=O)CCC(=O)Nc3ccc(Cl)cc3)CC2)cc1. The Morgan fingerprint density at radius 2 is 1.63 bits per heavy atom. The number of rotatable bonds is 8. The van der Waals surface area contributed by atoms with Crippen molar-refractivity contribution >= 4 is 29.1 Å². The Labute approximate surface area is 182 Å². The van der Waals surface area contributed by atoms with Crippen LogP contribution in [0.3, 0.4) is 0 Å². The summed E-state index contributed by atoms with van der Waals surface area (Å²) in [5, 5.41) is 3.40. The zero-order chi connectivity index (χ0) is 21.3. The molecule has 1 heterocycles. The predicted octanol–water partition coefficient (Wildman–Crippen LogP) is 3.59. The molecule has 160 valence electrons. The van der Waals surface area contributed by atoms with Crippen LogP contribution in [0.1, 0.15) is 18.4 Å². The molecule has 1 saturated heterocycles. The van der Waals surface area contributed by atoms with Crippen LogP contribution in [0.4, 0.5) is 5.69 Å². The lowest BCUT2D eigenvalue weighted by Crippen LogP contribution is -2.49. The molecule has 2 aromatic rings. The number of hydrogen-bond acceptors (Lipinski definition) is 4.